The third-order valence-electron chi connectivity index (χ3n) is 2.57. The molecule has 0 fully saturated rings. The van der Waals surface area contributed by atoms with Gasteiger partial charge in [-0.15, -0.1) is 0 Å². The number of nitrogen functional groups attached to an aromatic ring is 1. The summed E-state index contributed by atoms with van der Waals surface area (Å²) in [5.41, 5.74) is 6.70. The third kappa shape index (κ3) is 3.99. The van der Waals surface area contributed by atoms with Crippen LogP contribution in [0.25, 0.3) is 0 Å². The lowest BCUT2D eigenvalue weighted by Gasteiger charge is -2.07. The van der Waals surface area contributed by atoms with Crippen molar-refractivity contribution in [1.82, 2.24) is 9.97 Å². The standard InChI is InChI=1S/C13H15ClN4O/c1-19-10-4-2-3-9(7-10)5-6-16-12-8-11(14)17-13(15)18-12/h2-4,7-8H,5-6H2,1H3,(H3,15,16,17,18). The van der Waals surface area contributed by atoms with Gasteiger partial charge in [0.1, 0.15) is 16.7 Å². The minimum Gasteiger partial charge on any atom is -0.497 e. The molecule has 0 atom stereocenters. The zero-order valence-electron chi connectivity index (χ0n) is 10.6. The Balaban J connectivity index is 1.92. The minimum atomic E-state index is 0.163. The molecular weight excluding hydrogens is 264 g/mol. The number of nitrogens with one attached hydrogen (secondary N) is 1. The van der Waals surface area contributed by atoms with Gasteiger partial charge in [-0.2, -0.15) is 4.98 Å². The lowest BCUT2D eigenvalue weighted by Crippen LogP contribution is -2.08. The Labute approximate surface area is 116 Å². The maximum absolute atomic E-state index is 5.80. The van der Waals surface area contributed by atoms with Gasteiger partial charge in [0.25, 0.3) is 0 Å². The number of anilines is 2. The van der Waals surface area contributed by atoms with Crippen LogP contribution in [0, 0.1) is 0 Å². The van der Waals surface area contributed by atoms with Crippen molar-refractivity contribution in [2.75, 3.05) is 24.7 Å². The molecule has 0 bridgehead atoms. The summed E-state index contributed by atoms with van der Waals surface area (Å²) in [5.74, 6) is 1.64. The number of methoxy groups -OCH3 is 1. The van der Waals surface area contributed by atoms with Crippen molar-refractivity contribution in [3.05, 3.63) is 41.0 Å². The van der Waals surface area contributed by atoms with Crippen LogP contribution < -0.4 is 15.8 Å². The fourth-order valence-corrected chi connectivity index (χ4v) is 1.88. The van der Waals surface area contributed by atoms with E-state index in [9.17, 15) is 0 Å². The van der Waals surface area contributed by atoms with Crippen LogP contribution >= 0.6 is 11.6 Å². The normalized spacial score (nSPS) is 10.2. The topological polar surface area (TPSA) is 73.1 Å². The zero-order chi connectivity index (χ0) is 13.7. The number of benzene rings is 1. The smallest absolute Gasteiger partial charge is 0.223 e. The number of ether oxygens (including phenoxy) is 1. The lowest BCUT2D eigenvalue weighted by atomic mass is 10.1. The molecule has 3 N–H and O–H groups in total. The largest absolute Gasteiger partial charge is 0.497 e. The number of halogens is 1. The second-order valence-corrected chi connectivity index (χ2v) is 4.35. The van der Waals surface area contributed by atoms with Gasteiger partial charge in [0.05, 0.1) is 7.11 Å². The van der Waals surface area contributed by atoms with Crippen LogP contribution in [0.3, 0.4) is 0 Å². The van der Waals surface area contributed by atoms with Gasteiger partial charge in [0.15, 0.2) is 0 Å². The summed E-state index contributed by atoms with van der Waals surface area (Å²) in [6, 6.07) is 9.58. The van der Waals surface area contributed by atoms with Crippen LogP contribution in [0.2, 0.25) is 5.15 Å². The second kappa shape index (κ2) is 6.24. The predicted molar refractivity (Wildman–Crippen MR) is 76.6 cm³/mol. The van der Waals surface area contributed by atoms with Crippen LogP contribution in [-0.2, 0) is 6.42 Å². The Bertz CT molecular complexity index is 542. The average molecular weight is 279 g/mol. The first-order chi connectivity index (χ1) is 9.17. The van der Waals surface area contributed by atoms with E-state index in [1.54, 1.807) is 13.2 Å². The molecule has 2 aromatic rings. The van der Waals surface area contributed by atoms with Crippen molar-refractivity contribution in [2.45, 2.75) is 6.42 Å². The van der Waals surface area contributed by atoms with Gasteiger partial charge >= 0.3 is 0 Å². The van der Waals surface area contributed by atoms with Crippen molar-refractivity contribution < 1.29 is 4.74 Å². The van der Waals surface area contributed by atoms with Crippen molar-refractivity contribution >= 4 is 23.4 Å². The summed E-state index contributed by atoms with van der Waals surface area (Å²) in [6.45, 7) is 0.722. The molecule has 1 aromatic carbocycles. The molecule has 1 heterocycles. The highest BCUT2D eigenvalue weighted by Gasteiger charge is 2.00. The summed E-state index contributed by atoms with van der Waals surface area (Å²) >= 11 is 5.80. The number of nitrogens with two attached hydrogens (primary N) is 1. The molecule has 100 valence electrons. The molecule has 0 aliphatic heterocycles. The predicted octanol–water partition coefficient (Wildman–Crippen LogP) is 2.38. The average Bonchev–Trinajstić information content (AvgIpc) is 2.38. The molecule has 1 aromatic heterocycles. The molecule has 0 saturated carbocycles. The van der Waals surface area contributed by atoms with Crippen LogP contribution in [0.1, 0.15) is 5.56 Å². The summed E-state index contributed by atoms with van der Waals surface area (Å²) in [4.78, 5) is 7.84. The molecular formula is C13H15ClN4O. The molecule has 19 heavy (non-hydrogen) atoms. The van der Waals surface area contributed by atoms with Crippen LogP contribution in [-0.4, -0.2) is 23.6 Å². The van der Waals surface area contributed by atoms with E-state index >= 15 is 0 Å². The van der Waals surface area contributed by atoms with E-state index in [1.165, 1.54) is 5.56 Å². The summed E-state index contributed by atoms with van der Waals surface area (Å²) in [7, 11) is 1.66. The van der Waals surface area contributed by atoms with E-state index in [0.717, 1.165) is 18.7 Å². The number of nitrogens with zero attached hydrogens (tertiary/aromatic N) is 2. The Morgan fingerprint density at radius 1 is 1.32 bits per heavy atom. The van der Waals surface area contributed by atoms with E-state index in [2.05, 4.69) is 15.3 Å². The van der Waals surface area contributed by atoms with Gasteiger partial charge in [-0.05, 0) is 24.1 Å². The van der Waals surface area contributed by atoms with E-state index in [-0.39, 0.29) is 5.95 Å². The maximum Gasteiger partial charge on any atom is 0.223 e. The van der Waals surface area contributed by atoms with Gasteiger partial charge in [-0.25, -0.2) is 4.98 Å². The van der Waals surface area contributed by atoms with E-state index in [0.29, 0.717) is 11.0 Å². The Morgan fingerprint density at radius 2 is 2.16 bits per heavy atom. The van der Waals surface area contributed by atoms with E-state index in [4.69, 9.17) is 22.1 Å². The second-order valence-electron chi connectivity index (χ2n) is 3.96. The highest BCUT2D eigenvalue weighted by molar-refractivity contribution is 6.29. The van der Waals surface area contributed by atoms with Crippen molar-refractivity contribution in [2.24, 2.45) is 0 Å². The number of aromatic nitrogens is 2. The molecule has 0 spiro atoms. The van der Waals surface area contributed by atoms with Crippen LogP contribution in [0.15, 0.2) is 30.3 Å². The first-order valence-corrected chi connectivity index (χ1v) is 6.22. The lowest BCUT2D eigenvalue weighted by molar-refractivity contribution is 0.414. The maximum atomic E-state index is 5.80. The molecule has 0 unspecified atom stereocenters. The number of rotatable bonds is 5. The summed E-state index contributed by atoms with van der Waals surface area (Å²) in [5, 5.41) is 3.49. The monoisotopic (exact) mass is 278 g/mol. The first kappa shape index (κ1) is 13.4. The Kier molecular flexibility index (Phi) is 4.41. The zero-order valence-corrected chi connectivity index (χ0v) is 11.3. The minimum absolute atomic E-state index is 0.163. The molecule has 0 amide bonds. The van der Waals surface area contributed by atoms with Crippen molar-refractivity contribution in [1.29, 1.82) is 0 Å². The van der Waals surface area contributed by atoms with Gasteiger partial charge in [0.2, 0.25) is 5.95 Å². The van der Waals surface area contributed by atoms with E-state index in [1.807, 2.05) is 24.3 Å². The fraction of sp³-hybridized carbons (Fsp3) is 0.231. The Morgan fingerprint density at radius 3 is 2.89 bits per heavy atom. The SMILES string of the molecule is COc1cccc(CCNc2cc(Cl)nc(N)n2)c1. The molecule has 0 saturated heterocycles. The summed E-state index contributed by atoms with van der Waals surface area (Å²) in [6.07, 6.45) is 0.846. The third-order valence-corrected chi connectivity index (χ3v) is 2.76. The molecule has 6 heteroatoms. The van der Waals surface area contributed by atoms with Gasteiger partial charge < -0.3 is 15.8 Å². The van der Waals surface area contributed by atoms with Crippen LogP contribution in [0.4, 0.5) is 11.8 Å². The Hall–Kier alpha value is -2.01. The van der Waals surface area contributed by atoms with E-state index < -0.39 is 0 Å². The van der Waals surface area contributed by atoms with Gasteiger partial charge in [-0.1, -0.05) is 23.7 Å². The van der Waals surface area contributed by atoms with Crippen molar-refractivity contribution in [3.63, 3.8) is 0 Å². The molecule has 0 aliphatic rings. The van der Waals surface area contributed by atoms with Crippen molar-refractivity contribution in [3.8, 4) is 5.75 Å². The molecule has 2 rings (SSSR count). The van der Waals surface area contributed by atoms with Gasteiger partial charge in [0, 0.05) is 12.6 Å². The first-order valence-electron chi connectivity index (χ1n) is 5.84. The molecule has 0 aliphatic carbocycles. The highest BCUT2D eigenvalue weighted by Crippen LogP contribution is 2.14. The number of hydrogen-bond donors (Lipinski definition) is 2. The highest BCUT2D eigenvalue weighted by atomic mass is 35.5. The fourth-order valence-electron chi connectivity index (χ4n) is 1.69. The molecule has 5 nitrogen and oxygen atoms in total. The number of hydrogen-bond acceptors (Lipinski definition) is 5. The molecule has 0 radical (unpaired) electrons. The summed E-state index contributed by atoms with van der Waals surface area (Å²) < 4.78 is 5.18. The van der Waals surface area contributed by atoms with Gasteiger partial charge in [-0.3, -0.25) is 0 Å². The quantitative estimate of drug-likeness (QED) is 0.822. The van der Waals surface area contributed by atoms with Crippen LogP contribution in [0.5, 0.6) is 5.75 Å².